The molecule has 0 bridgehead atoms. The topological polar surface area (TPSA) is 16.1 Å². The van der Waals surface area contributed by atoms with E-state index in [1.54, 1.807) is 11.3 Å². The Morgan fingerprint density at radius 2 is 2.05 bits per heavy atom. The summed E-state index contributed by atoms with van der Waals surface area (Å²) in [6.45, 7) is 7.77. The summed E-state index contributed by atoms with van der Waals surface area (Å²) in [6.07, 6.45) is 1.15. The minimum atomic E-state index is 0.139. The van der Waals surface area contributed by atoms with Gasteiger partial charge in [-0.05, 0) is 24.1 Å². The smallest absolute Gasteiger partial charge is 0.0986 e. The molecule has 1 aliphatic rings. The van der Waals surface area contributed by atoms with Gasteiger partial charge in [-0.1, -0.05) is 26.8 Å². The van der Waals surface area contributed by atoms with Gasteiger partial charge in [-0.25, -0.2) is 4.98 Å². The fourth-order valence-corrected chi connectivity index (χ4v) is 3.39. The first-order chi connectivity index (χ1) is 8.95. The third-order valence-corrected chi connectivity index (χ3v) is 4.92. The van der Waals surface area contributed by atoms with Crippen LogP contribution >= 0.6 is 11.3 Å². The summed E-state index contributed by atoms with van der Waals surface area (Å²) in [5, 5.41) is 3.39. The lowest BCUT2D eigenvalue weighted by Gasteiger charge is -2.13. The fraction of sp³-hybridized carbons (Fsp3) is 0.438. The number of benzene rings is 1. The molecule has 0 fully saturated rings. The molecule has 1 aliphatic heterocycles. The second-order valence-electron chi connectivity index (χ2n) is 6.30. The maximum Gasteiger partial charge on any atom is 0.0986 e. The zero-order chi connectivity index (χ0) is 13.6. The highest BCUT2D eigenvalue weighted by Crippen LogP contribution is 2.33. The molecule has 0 saturated carbocycles. The Morgan fingerprint density at radius 1 is 1.26 bits per heavy atom. The van der Waals surface area contributed by atoms with E-state index in [0.29, 0.717) is 0 Å². The Hall–Kier alpha value is -1.35. The number of fused-ring (bicyclic) bond motifs is 1. The molecule has 0 spiro atoms. The molecule has 0 atom stereocenters. The van der Waals surface area contributed by atoms with E-state index in [-0.39, 0.29) is 5.41 Å². The van der Waals surface area contributed by atoms with E-state index in [4.69, 9.17) is 4.98 Å². The van der Waals surface area contributed by atoms with Gasteiger partial charge in [-0.15, -0.1) is 11.3 Å². The third-order valence-electron chi connectivity index (χ3n) is 3.65. The molecule has 100 valence electrons. The average Bonchev–Trinajstić information content (AvgIpc) is 2.95. The normalized spacial score (nSPS) is 14.8. The molecule has 2 nitrogen and oxygen atoms in total. The first-order valence-corrected chi connectivity index (χ1v) is 7.63. The Bertz CT molecular complexity index is 607. The largest absolute Gasteiger partial charge is 0.374 e. The van der Waals surface area contributed by atoms with Crippen molar-refractivity contribution in [3.63, 3.8) is 0 Å². The number of hydrogen-bond donors (Lipinski definition) is 0. The van der Waals surface area contributed by atoms with E-state index in [1.807, 2.05) is 0 Å². The van der Waals surface area contributed by atoms with Gasteiger partial charge >= 0.3 is 0 Å². The Kier molecular flexibility index (Phi) is 2.90. The van der Waals surface area contributed by atoms with Crippen molar-refractivity contribution in [3.8, 4) is 11.3 Å². The van der Waals surface area contributed by atoms with Crippen LogP contribution in [0.25, 0.3) is 11.3 Å². The van der Waals surface area contributed by atoms with Crippen LogP contribution in [0.1, 0.15) is 31.3 Å². The lowest BCUT2D eigenvalue weighted by Crippen LogP contribution is -2.12. The van der Waals surface area contributed by atoms with Crippen molar-refractivity contribution >= 4 is 17.0 Å². The van der Waals surface area contributed by atoms with Gasteiger partial charge in [0.1, 0.15) is 0 Å². The number of likely N-dealkylation sites (N-methyl/N-ethyl adjacent to an activating group) is 1. The second kappa shape index (κ2) is 4.34. The quantitative estimate of drug-likeness (QED) is 0.777. The zero-order valence-corrected chi connectivity index (χ0v) is 12.8. The SMILES string of the molecule is CN1CCc2cc(-c3csc(C(C)(C)C)n3)ccc21. The van der Waals surface area contributed by atoms with Crippen LogP contribution in [-0.2, 0) is 11.8 Å². The van der Waals surface area contributed by atoms with Gasteiger partial charge in [0.2, 0.25) is 0 Å². The van der Waals surface area contributed by atoms with Crippen molar-refractivity contribution in [2.24, 2.45) is 0 Å². The monoisotopic (exact) mass is 272 g/mol. The molecule has 0 unspecified atom stereocenters. The Morgan fingerprint density at radius 3 is 2.74 bits per heavy atom. The van der Waals surface area contributed by atoms with Crippen molar-refractivity contribution in [2.45, 2.75) is 32.6 Å². The molecule has 0 N–H and O–H groups in total. The number of anilines is 1. The van der Waals surface area contributed by atoms with Gasteiger partial charge in [-0.2, -0.15) is 0 Å². The number of rotatable bonds is 1. The zero-order valence-electron chi connectivity index (χ0n) is 12.0. The van der Waals surface area contributed by atoms with E-state index < -0.39 is 0 Å². The Labute approximate surface area is 119 Å². The summed E-state index contributed by atoms with van der Waals surface area (Å²) in [5.41, 5.74) is 5.33. The van der Waals surface area contributed by atoms with Crippen LogP contribution in [0.2, 0.25) is 0 Å². The van der Waals surface area contributed by atoms with Crippen molar-refractivity contribution in [1.29, 1.82) is 0 Å². The van der Waals surface area contributed by atoms with E-state index in [0.717, 1.165) is 18.7 Å². The first kappa shape index (κ1) is 12.7. The van der Waals surface area contributed by atoms with Crippen molar-refractivity contribution in [3.05, 3.63) is 34.2 Å². The molecule has 0 radical (unpaired) electrons. The molecule has 0 aliphatic carbocycles. The van der Waals surface area contributed by atoms with Gasteiger partial charge in [0, 0.05) is 35.6 Å². The van der Waals surface area contributed by atoms with E-state index >= 15 is 0 Å². The van der Waals surface area contributed by atoms with E-state index in [9.17, 15) is 0 Å². The predicted octanol–water partition coefficient (Wildman–Crippen LogP) is 4.10. The maximum absolute atomic E-state index is 4.80. The fourth-order valence-electron chi connectivity index (χ4n) is 2.48. The Balaban J connectivity index is 1.97. The van der Waals surface area contributed by atoms with Crippen LogP contribution in [0.15, 0.2) is 23.6 Å². The van der Waals surface area contributed by atoms with Crippen LogP contribution in [0.4, 0.5) is 5.69 Å². The summed E-state index contributed by atoms with van der Waals surface area (Å²) in [4.78, 5) is 7.12. The standard InChI is InChI=1S/C16H20N2S/c1-16(2,3)15-17-13(10-19-15)11-5-6-14-12(9-11)7-8-18(14)4/h5-6,9-10H,7-8H2,1-4H3. The van der Waals surface area contributed by atoms with Crippen LogP contribution in [0, 0.1) is 0 Å². The molecule has 2 aromatic rings. The number of hydrogen-bond acceptors (Lipinski definition) is 3. The summed E-state index contributed by atoms with van der Waals surface area (Å²) < 4.78 is 0. The lowest BCUT2D eigenvalue weighted by molar-refractivity contribution is 0.586. The second-order valence-corrected chi connectivity index (χ2v) is 7.16. The highest BCUT2D eigenvalue weighted by atomic mass is 32.1. The highest BCUT2D eigenvalue weighted by molar-refractivity contribution is 7.10. The van der Waals surface area contributed by atoms with Crippen molar-refractivity contribution < 1.29 is 0 Å². The molecular formula is C16H20N2S. The molecule has 3 rings (SSSR count). The van der Waals surface area contributed by atoms with Gasteiger partial charge in [-0.3, -0.25) is 0 Å². The summed E-state index contributed by atoms with van der Waals surface area (Å²) >= 11 is 1.76. The van der Waals surface area contributed by atoms with Crippen LogP contribution in [0.3, 0.4) is 0 Å². The first-order valence-electron chi connectivity index (χ1n) is 6.75. The molecule has 1 aromatic carbocycles. The minimum absolute atomic E-state index is 0.139. The molecule has 0 amide bonds. The molecule has 3 heteroatoms. The van der Waals surface area contributed by atoms with Gasteiger partial charge in [0.25, 0.3) is 0 Å². The highest BCUT2D eigenvalue weighted by Gasteiger charge is 2.20. The number of thiazole rings is 1. The van der Waals surface area contributed by atoms with Gasteiger partial charge in [0.05, 0.1) is 10.7 Å². The molecular weight excluding hydrogens is 252 g/mol. The summed E-state index contributed by atoms with van der Waals surface area (Å²) in [7, 11) is 2.16. The molecule has 1 aromatic heterocycles. The minimum Gasteiger partial charge on any atom is -0.374 e. The maximum atomic E-state index is 4.80. The van der Waals surface area contributed by atoms with Crippen LogP contribution < -0.4 is 4.90 Å². The predicted molar refractivity (Wildman–Crippen MR) is 83.2 cm³/mol. The number of nitrogens with zero attached hydrogens (tertiary/aromatic N) is 2. The summed E-state index contributed by atoms with van der Waals surface area (Å²) in [5.74, 6) is 0. The summed E-state index contributed by atoms with van der Waals surface area (Å²) in [6, 6.07) is 6.73. The van der Waals surface area contributed by atoms with Crippen LogP contribution in [-0.4, -0.2) is 18.6 Å². The molecule has 2 heterocycles. The van der Waals surface area contributed by atoms with Crippen molar-refractivity contribution in [2.75, 3.05) is 18.5 Å². The van der Waals surface area contributed by atoms with Gasteiger partial charge < -0.3 is 4.90 Å². The van der Waals surface area contributed by atoms with E-state index in [2.05, 4.69) is 56.3 Å². The van der Waals surface area contributed by atoms with Crippen LogP contribution in [0.5, 0.6) is 0 Å². The van der Waals surface area contributed by atoms with Crippen molar-refractivity contribution in [1.82, 2.24) is 4.98 Å². The lowest BCUT2D eigenvalue weighted by atomic mass is 9.98. The average molecular weight is 272 g/mol. The molecule has 19 heavy (non-hydrogen) atoms. The van der Waals surface area contributed by atoms with Gasteiger partial charge in [0.15, 0.2) is 0 Å². The number of aromatic nitrogens is 1. The third kappa shape index (κ3) is 2.27. The van der Waals surface area contributed by atoms with E-state index in [1.165, 1.54) is 21.8 Å². The molecule has 0 saturated heterocycles.